The lowest BCUT2D eigenvalue weighted by Crippen LogP contribution is -2.37. The summed E-state index contributed by atoms with van der Waals surface area (Å²) in [6.45, 7) is 4.07. The molecule has 5 aromatic rings. The number of carbonyl (C=O) groups excluding carboxylic acids is 1. The molecule has 0 aliphatic carbocycles. The van der Waals surface area contributed by atoms with Gasteiger partial charge in [0.2, 0.25) is 0 Å². The normalized spacial score (nSPS) is 19.7. The molecule has 2 fully saturated rings. The fourth-order valence-electron chi connectivity index (χ4n) is 7.65. The molecule has 284 valence electrons. The van der Waals surface area contributed by atoms with E-state index in [1.165, 1.54) is 24.9 Å². The number of aromatic nitrogens is 4. The maximum Gasteiger partial charge on any atom is 0.417 e. The molecular formula is C36H35F6N9O2S. The van der Waals surface area contributed by atoms with Crippen LogP contribution in [-0.4, -0.2) is 88.5 Å². The van der Waals surface area contributed by atoms with Crippen LogP contribution >= 0.6 is 11.3 Å². The minimum Gasteiger partial charge on any atom is -0.467 e. The molecule has 2 saturated heterocycles. The van der Waals surface area contributed by atoms with Gasteiger partial charge in [0.25, 0.3) is 5.91 Å². The SMILES string of the molecule is COc1nc(N2CCn3nc(C(=O)N(C)C)cc3C2C)c2cc(C(F)(F)F)c(-c3ccc(F)c4sc(N)c(C#N)c34)c(F)c2n1.F[C@@H]1CC2CCCN2C1. The summed E-state index contributed by atoms with van der Waals surface area (Å²) in [4.78, 5) is 26.3. The molecule has 3 aromatic heterocycles. The molecule has 0 radical (unpaired) electrons. The van der Waals surface area contributed by atoms with E-state index in [0.29, 0.717) is 29.6 Å². The third-order valence-corrected chi connectivity index (χ3v) is 11.2. The van der Waals surface area contributed by atoms with E-state index in [1.807, 2.05) is 0 Å². The number of ether oxygens (including phenoxy) is 1. The Hall–Kier alpha value is -5.15. The van der Waals surface area contributed by atoms with Crippen LogP contribution in [0.3, 0.4) is 0 Å². The number of nitrogens with two attached hydrogens (primary N) is 1. The Morgan fingerprint density at radius 2 is 1.91 bits per heavy atom. The van der Waals surface area contributed by atoms with Gasteiger partial charge in [0.05, 0.1) is 41.2 Å². The van der Waals surface area contributed by atoms with Gasteiger partial charge in [-0.25, -0.2) is 13.2 Å². The lowest BCUT2D eigenvalue weighted by atomic mass is 9.92. The fourth-order valence-corrected chi connectivity index (χ4v) is 8.60. The van der Waals surface area contributed by atoms with Gasteiger partial charge in [-0.05, 0) is 56.5 Å². The van der Waals surface area contributed by atoms with Gasteiger partial charge in [-0.15, -0.1) is 11.3 Å². The number of amides is 1. The van der Waals surface area contributed by atoms with Crippen LogP contribution in [0.2, 0.25) is 0 Å². The second kappa shape index (κ2) is 13.9. The smallest absolute Gasteiger partial charge is 0.417 e. The molecule has 1 amide bonds. The van der Waals surface area contributed by atoms with E-state index < -0.39 is 46.7 Å². The lowest BCUT2D eigenvalue weighted by molar-refractivity contribution is -0.137. The van der Waals surface area contributed by atoms with E-state index in [9.17, 15) is 32.0 Å². The monoisotopic (exact) mass is 771 g/mol. The number of methoxy groups -OCH3 is 1. The third kappa shape index (κ3) is 6.32. The summed E-state index contributed by atoms with van der Waals surface area (Å²) in [5.74, 6) is -2.54. The molecule has 2 unspecified atom stereocenters. The summed E-state index contributed by atoms with van der Waals surface area (Å²) in [6, 6.07) is 5.78. The number of alkyl halides is 4. The first-order chi connectivity index (χ1) is 25.6. The Bertz CT molecular complexity index is 2320. The Kier molecular flexibility index (Phi) is 9.59. The first-order valence-corrected chi connectivity index (χ1v) is 17.9. The van der Waals surface area contributed by atoms with Gasteiger partial charge in [0, 0.05) is 49.6 Å². The number of hydrogen-bond donors (Lipinski definition) is 1. The van der Waals surface area contributed by atoms with Crippen molar-refractivity contribution in [2.24, 2.45) is 0 Å². The minimum absolute atomic E-state index is 0.0324. The van der Waals surface area contributed by atoms with Crippen LogP contribution in [0.15, 0.2) is 24.3 Å². The number of hydrogen-bond acceptors (Lipinski definition) is 10. The van der Waals surface area contributed by atoms with Crippen molar-refractivity contribution in [3.63, 3.8) is 0 Å². The zero-order valence-corrected chi connectivity index (χ0v) is 30.5. The fraction of sp³-hybridized carbons (Fsp3) is 0.417. The summed E-state index contributed by atoms with van der Waals surface area (Å²) in [7, 11) is 4.41. The van der Waals surface area contributed by atoms with Crippen molar-refractivity contribution in [1.82, 2.24) is 29.5 Å². The highest BCUT2D eigenvalue weighted by atomic mass is 32.1. The number of nitriles is 1. The maximum atomic E-state index is 16.7. The zero-order valence-electron chi connectivity index (χ0n) is 29.6. The molecule has 0 spiro atoms. The summed E-state index contributed by atoms with van der Waals surface area (Å²) in [5, 5.41) is 13.5. The number of fused-ring (bicyclic) bond motifs is 4. The standard InChI is InChI=1S/C29H23F5N8O2S.C7H12FN/c1-12-19-10-18(27(43)40(2)3)39-42(19)8-7-41(12)26-14-9-16(29(32,33)34)21(22(31)23(14)37-28(38-26)44-4)13-5-6-17(30)24-20(13)15(11-35)25(36)45-24;8-6-4-7-2-1-3-9(7)5-6/h5-6,9-10,12H,7-8,36H2,1-4H3;6-7H,1-5H2/t;6-,7?/m.1/s1. The van der Waals surface area contributed by atoms with Crippen molar-refractivity contribution in [2.75, 3.05) is 51.5 Å². The number of rotatable bonds is 4. The molecule has 2 N–H and O–H groups in total. The van der Waals surface area contributed by atoms with Gasteiger partial charge in [-0.2, -0.15) is 33.5 Å². The molecule has 3 aliphatic rings. The van der Waals surface area contributed by atoms with Crippen LogP contribution in [0, 0.1) is 23.0 Å². The van der Waals surface area contributed by atoms with Crippen LogP contribution in [0.4, 0.5) is 37.2 Å². The Labute approximate surface area is 309 Å². The highest BCUT2D eigenvalue weighted by Gasteiger charge is 2.40. The first kappa shape index (κ1) is 37.2. The predicted molar refractivity (Wildman–Crippen MR) is 191 cm³/mol. The number of nitrogen functional groups attached to an aromatic ring is 1. The number of benzene rings is 2. The van der Waals surface area contributed by atoms with Crippen LogP contribution < -0.4 is 15.4 Å². The predicted octanol–water partition coefficient (Wildman–Crippen LogP) is 6.94. The van der Waals surface area contributed by atoms with Crippen LogP contribution in [-0.2, 0) is 12.7 Å². The van der Waals surface area contributed by atoms with E-state index in [4.69, 9.17) is 10.5 Å². The second-order valence-corrected chi connectivity index (χ2v) is 14.7. The molecule has 8 rings (SSSR count). The van der Waals surface area contributed by atoms with Crippen LogP contribution in [0.5, 0.6) is 6.01 Å². The number of thiophene rings is 1. The van der Waals surface area contributed by atoms with Crippen molar-refractivity contribution >= 4 is 49.1 Å². The number of halogens is 6. The number of carbonyl (C=O) groups is 1. The topological polar surface area (TPSA) is 129 Å². The lowest BCUT2D eigenvalue weighted by Gasteiger charge is -2.35. The zero-order chi connectivity index (χ0) is 38.8. The van der Waals surface area contributed by atoms with Gasteiger partial charge in [0.1, 0.15) is 34.4 Å². The first-order valence-electron chi connectivity index (χ1n) is 17.1. The van der Waals surface area contributed by atoms with E-state index in [-0.39, 0.29) is 68.1 Å². The molecule has 0 saturated carbocycles. The molecule has 3 atom stereocenters. The molecule has 11 nitrogen and oxygen atoms in total. The molecule has 18 heteroatoms. The van der Waals surface area contributed by atoms with Gasteiger partial charge >= 0.3 is 12.2 Å². The van der Waals surface area contributed by atoms with Gasteiger partial charge in [0.15, 0.2) is 11.5 Å². The highest BCUT2D eigenvalue weighted by Crippen LogP contribution is 2.48. The summed E-state index contributed by atoms with van der Waals surface area (Å²) in [5.41, 5.74) is 3.29. The van der Waals surface area contributed by atoms with Crippen LogP contribution in [0.1, 0.15) is 59.5 Å². The van der Waals surface area contributed by atoms with Crippen molar-refractivity contribution < 1.29 is 35.9 Å². The maximum absolute atomic E-state index is 16.7. The molecule has 2 aromatic carbocycles. The summed E-state index contributed by atoms with van der Waals surface area (Å²) < 4.78 is 95.1. The summed E-state index contributed by atoms with van der Waals surface area (Å²) in [6.07, 6.45) is -2.28. The average Bonchev–Trinajstić information content (AvgIpc) is 3.91. The second-order valence-electron chi connectivity index (χ2n) is 13.7. The van der Waals surface area contributed by atoms with Gasteiger partial charge in [-0.3, -0.25) is 14.4 Å². The average molecular weight is 772 g/mol. The molecule has 3 aliphatic heterocycles. The molecule has 54 heavy (non-hydrogen) atoms. The van der Waals surface area contributed by atoms with E-state index in [1.54, 1.807) is 42.7 Å². The van der Waals surface area contributed by atoms with Gasteiger partial charge < -0.3 is 20.3 Å². The quantitative estimate of drug-likeness (QED) is 0.193. The summed E-state index contributed by atoms with van der Waals surface area (Å²) >= 11 is 0.682. The van der Waals surface area contributed by atoms with E-state index in [0.717, 1.165) is 31.2 Å². The number of nitrogens with zero attached hydrogens (tertiary/aromatic N) is 8. The molecular weight excluding hydrogens is 737 g/mol. The highest BCUT2D eigenvalue weighted by molar-refractivity contribution is 7.23. The minimum atomic E-state index is -5.09. The van der Waals surface area contributed by atoms with E-state index in [2.05, 4.69) is 20.0 Å². The van der Waals surface area contributed by atoms with Crippen molar-refractivity contribution in [2.45, 2.75) is 57.2 Å². The van der Waals surface area contributed by atoms with Crippen LogP contribution in [0.25, 0.3) is 32.1 Å². The van der Waals surface area contributed by atoms with Crippen molar-refractivity contribution in [3.05, 3.63) is 58.4 Å². The van der Waals surface area contributed by atoms with Crippen molar-refractivity contribution in [3.8, 4) is 23.2 Å². The van der Waals surface area contributed by atoms with Gasteiger partial charge in [-0.1, -0.05) is 6.07 Å². The number of anilines is 2. The van der Waals surface area contributed by atoms with Crippen molar-refractivity contribution in [1.29, 1.82) is 5.26 Å². The Morgan fingerprint density at radius 3 is 2.57 bits per heavy atom. The molecule has 0 bridgehead atoms. The Morgan fingerprint density at radius 1 is 1.15 bits per heavy atom. The Balaban J connectivity index is 0.000000433. The van der Waals surface area contributed by atoms with E-state index >= 15 is 4.39 Å². The largest absolute Gasteiger partial charge is 0.467 e. The molecule has 6 heterocycles. The third-order valence-electron chi connectivity index (χ3n) is 10.2.